The fraction of sp³-hybridized carbons (Fsp3) is 0.0345. The summed E-state index contributed by atoms with van der Waals surface area (Å²) in [5.41, 5.74) is 9.78. The molecule has 10 aromatic carbocycles. The van der Waals surface area contributed by atoms with Crippen LogP contribution in [-0.2, 0) is 0 Å². The van der Waals surface area contributed by atoms with E-state index in [0.29, 0.717) is 5.95 Å². The first kappa shape index (κ1) is 36.2. The molecule has 0 unspecified atom stereocenters. The molecule has 3 heterocycles. The van der Waals surface area contributed by atoms with E-state index in [9.17, 15) is 0 Å². The summed E-state index contributed by atoms with van der Waals surface area (Å²) < 4.78 is 4.95. The number of hydrogen-bond donors (Lipinski definition) is 0. The molecule has 0 radical (unpaired) electrons. The van der Waals surface area contributed by atoms with Gasteiger partial charge in [-0.3, -0.25) is 4.57 Å². The fourth-order valence-corrected chi connectivity index (χ4v) is 10.9. The normalized spacial score (nSPS) is 11.7. The van der Waals surface area contributed by atoms with Gasteiger partial charge in [0.1, 0.15) is 0 Å². The summed E-state index contributed by atoms with van der Waals surface area (Å²) in [5, 5.41) is 13.3. The molecule has 0 aliphatic rings. The summed E-state index contributed by atoms with van der Waals surface area (Å²) in [6.07, 6.45) is 0. The van der Waals surface area contributed by atoms with E-state index in [1.165, 1.54) is 80.0 Å². The maximum Gasteiger partial charge on any atom is 0.235 e. The topological polar surface area (TPSA) is 30.7 Å². The summed E-state index contributed by atoms with van der Waals surface area (Å²) >= 11 is 1.85. The van der Waals surface area contributed by atoms with Crippen molar-refractivity contribution in [2.24, 2.45) is 0 Å². The Morgan fingerprint density at radius 3 is 1.76 bits per heavy atom. The van der Waals surface area contributed by atoms with E-state index >= 15 is 0 Å². The van der Waals surface area contributed by atoms with Crippen LogP contribution in [0.3, 0.4) is 0 Å². The molecule has 0 atom stereocenters. The molecule has 0 fully saturated rings. The van der Waals surface area contributed by atoms with Gasteiger partial charge in [0.2, 0.25) is 5.95 Å². The molecule has 0 saturated carbocycles. The molecule has 0 aliphatic heterocycles. The highest BCUT2D eigenvalue weighted by molar-refractivity contribution is 7.25. The van der Waals surface area contributed by atoms with Crippen LogP contribution in [0.25, 0.3) is 125 Å². The Balaban J connectivity index is 0.00000202. The van der Waals surface area contributed by atoms with Crippen molar-refractivity contribution in [1.29, 1.82) is 0 Å². The highest BCUT2D eigenvalue weighted by atomic mass is 32.1. The molecule has 62 heavy (non-hydrogen) atoms. The zero-order chi connectivity index (χ0) is 41.3. The molecule has 0 aliphatic carbocycles. The molecule has 3 nitrogen and oxygen atoms in total. The second-order valence-corrected chi connectivity index (χ2v) is 16.7. The van der Waals surface area contributed by atoms with Crippen LogP contribution < -0.4 is 0 Å². The first-order chi connectivity index (χ1) is 30.8. The van der Waals surface area contributed by atoms with Crippen molar-refractivity contribution in [1.82, 2.24) is 14.5 Å². The Labute approximate surface area is 362 Å². The fourth-order valence-electron chi connectivity index (χ4n) is 9.72. The quantitative estimate of drug-likeness (QED) is 0.166. The van der Waals surface area contributed by atoms with E-state index in [1.807, 2.05) is 25.2 Å². The average Bonchev–Trinajstić information content (AvgIpc) is 3.91. The molecular weight excluding hydrogens is 771 g/mol. The van der Waals surface area contributed by atoms with Crippen LogP contribution in [0.4, 0.5) is 0 Å². The van der Waals surface area contributed by atoms with E-state index < -0.39 is 0 Å². The van der Waals surface area contributed by atoms with Crippen molar-refractivity contribution >= 4 is 96.5 Å². The second kappa shape index (κ2) is 14.5. The predicted molar refractivity (Wildman–Crippen MR) is 267 cm³/mol. The van der Waals surface area contributed by atoms with Crippen LogP contribution in [-0.4, -0.2) is 14.5 Å². The minimum atomic E-state index is 0.651. The highest BCUT2D eigenvalue weighted by Crippen LogP contribution is 2.46. The molecule has 4 heteroatoms. The summed E-state index contributed by atoms with van der Waals surface area (Å²) in [7, 11) is 0. The van der Waals surface area contributed by atoms with Gasteiger partial charge in [-0.2, -0.15) is 0 Å². The van der Waals surface area contributed by atoms with E-state index in [4.69, 9.17) is 9.97 Å². The number of nitrogens with zero attached hydrogens (tertiary/aromatic N) is 3. The molecule has 13 rings (SSSR count). The molecule has 0 N–H and O–H groups in total. The zero-order valence-electron chi connectivity index (χ0n) is 34.3. The number of para-hydroxylation sites is 2. The number of thiophene rings is 1. The maximum absolute atomic E-state index is 5.62. The highest BCUT2D eigenvalue weighted by Gasteiger charge is 2.24. The minimum absolute atomic E-state index is 0.651. The lowest BCUT2D eigenvalue weighted by Gasteiger charge is -2.15. The van der Waals surface area contributed by atoms with Gasteiger partial charge in [0.15, 0.2) is 0 Å². The third kappa shape index (κ3) is 5.50. The van der Waals surface area contributed by atoms with Crippen molar-refractivity contribution in [2.75, 3.05) is 0 Å². The van der Waals surface area contributed by atoms with E-state index in [0.717, 1.165) is 38.8 Å². The molecular formula is C58H39N3S. The monoisotopic (exact) mass is 809 g/mol. The Hall–Kier alpha value is -7.66. The zero-order valence-corrected chi connectivity index (χ0v) is 35.1. The Kier molecular flexibility index (Phi) is 8.48. The van der Waals surface area contributed by atoms with Crippen LogP contribution in [0.5, 0.6) is 0 Å². The number of benzene rings is 10. The van der Waals surface area contributed by atoms with Crippen LogP contribution in [0, 0.1) is 0 Å². The lowest BCUT2D eigenvalue weighted by Crippen LogP contribution is -2.04. The molecule has 3 aromatic heterocycles. The van der Waals surface area contributed by atoms with Crippen molar-refractivity contribution in [3.63, 3.8) is 0 Å². The first-order valence-corrected chi connectivity index (χ1v) is 22.2. The average molecular weight is 810 g/mol. The van der Waals surface area contributed by atoms with E-state index in [2.05, 4.69) is 205 Å². The van der Waals surface area contributed by atoms with Crippen molar-refractivity contribution < 1.29 is 0 Å². The molecule has 0 saturated heterocycles. The molecule has 292 valence electrons. The SMILES string of the molecule is CC.c1ccc2c(-c3ccc(-c4nc(-n5c6c(-c7ccc8c(c7)sc7ccccc78)cccc6c6c7ccccc7c7ccccc7c65)nc5ccccc45)cc3)cccc2c1. The minimum Gasteiger partial charge on any atom is -0.277 e. The van der Waals surface area contributed by atoms with Gasteiger partial charge in [0, 0.05) is 52.8 Å². The van der Waals surface area contributed by atoms with Gasteiger partial charge in [-0.25, -0.2) is 9.97 Å². The van der Waals surface area contributed by atoms with Crippen molar-refractivity contribution in [3.05, 3.63) is 200 Å². The van der Waals surface area contributed by atoms with Crippen LogP contribution in [0.1, 0.15) is 13.8 Å². The van der Waals surface area contributed by atoms with E-state index in [-0.39, 0.29) is 0 Å². The second-order valence-electron chi connectivity index (χ2n) is 15.7. The van der Waals surface area contributed by atoms with Gasteiger partial charge in [-0.1, -0.05) is 196 Å². The summed E-state index contributed by atoms with van der Waals surface area (Å²) in [5.74, 6) is 0.651. The molecule has 0 bridgehead atoms. The van der Waals surface area contributed by atoms with Gasteiger partial charge in [-0.05, 0) is 61.8 Å². The number of aromatic nitrogens is 3. The summed E-state index contributed by atoms with van der Waals surface area (Å²) in [6.45, 7) is 4.00. The molecule has 0 amide bonds. The van der Waals surface area contributed by atoms with Crippen LogP contribution in [0.2, 0.25) is 0 Å². The standard InChI is InChI=1S/C56H33N3S.C2H6/c1-2-15-38-34(13-1)14-11-22-39(38)35-27-29-36(30-28-35)53-47-21-7-9-25-49(47)57-56(58-53)59-54-40(37-31-32-44-43-18-8-10-26-50(43)60-51(44)33-37)23-12-24-48(54)52-45-19-5-3-16-41(45)42-17-4-6-20-46(42)55(52)59;1-2/h1-33H;1-2H3. The summed E-state index contributed by atoms with van der Waals surface area (Å²) in [6, 6.07) is 72.5. The van der Waals surface area contributed by atoms with Gasteiger partial charge in [0.05, 0.1) is 22.2 Å². The van der Waals surface area contributed by atoms with Crippen molar-refractivity contribution in [3.8, 4) is 39.5 Å². The number of hydrogen-bond acceptors (Lipinski definition) is 3. The lowest BCUT2D eigenvalue weighted by molar-refractivity contribution is 1.02. The number of rotatable bonds is 4. The largest absolute Gasteiger partial charge is 0.277 e. The van der Waals surface area contributed by atoms with Gasteiger partial charge in [0.25, 0.3) is 0 Å². The van der Waals surface area contributed by atoms with Gasteiger partial charge in [-0.15, -0.1) is 11.3 Å². The number of fused-ring (bicyclic) bond motifs is 13. The molecule has 13 aromatic rings. The Morgan fingerprint density at radius 1 is 0.371 bits per heavy atom. The van der Waals surface area contributed by atoms with Crippen molar-refractivity contribution in [2.45, 2.75) is 13.8 Å². The molecule has 0 spiro atoms. The third-order valence-corrected chi connectivity index (χ3v) is 13.5. The summed E-state index contributed by atoms with van der Waals surface area (Å²) in [4.78, 5) is 11.1. The smallest absolute Gasteiger partial charge is 0.235 e. The van der Waals surface area contributed by atoms with Crippen LogP contribution in [0.15, 0.2) is 200 Å². The van der Waals surface area contributed by atoms with E-state index in [1.54, 1.807) is 0 Å². The Morgan fingerprint density at radius 2 is 0.935 bits per heavy atom. The lowest BCUT2D eigenvalue weighted by atomic mass is 9.96. The third-order valence-electron chi connectivity index (χ3n) is 12.4. The Bertz CT molecular complexity index is 3890. The maximum atomic E-state index is 5.62. The first-order valence-electron chi connectivity index (χ1n) is 21.4. The van der Waals surface area contributed by atoms with Gasteiger partial charge >= 0.3 is 0 Å². The predicted octanol–water partition coefficient (Wildman–Crippen LogP) is 16.6. The van der Waals surface area contributed by atoms with Crippen LogP contribution >= 0.6 is 11.3 Å². The van der Waals surface area contributed by atoms with Gasteiger partial charge < -0.3 is 0 Å².